The van der Waals surface area contributed by atoms with Gasteiger partial charge < -0.3 is 14.5 Å². The highest BCUT2D eigenvalue weighted by molar-refractivity contribution is 5.85. The molecule has 1 aliphatic heterocycles. The van der Waals surface area contributed by atoms with Gasteiger partial charge in [-0.25, -0.2) is 4.79 Å². The highest BCUT2D eigenvalue weighted by Gasteiger charge is 2.34. The van der Waals surface area contributed by atoms with E-state index in [1.54, 1.807) is 6.07 Å². The average Bonchev–Trinajstić information content (AvgIpc) is 3.17. The molecule has 1 atom stereocenters. The van der Waals surface area contributed by atoms with Crippen LogP contribution in [0.25, 0.3) is 11.3 Å². The summed E-state index contributed by atoms with van der Waals surface area (Å²) in [5.41, 5.74) is 1.40. The van der Waals surface area contributed by atoms with Gasteiger partial charge in [0.15, 0.2) is 5.76 Å². The molecule has 1 N–H and O–H groups in total. The number of hydrogen-bond donors (Lipinski definition) is 1. The molecule has 0 radical (unpaired) electrons. The quantitative estimate of drug-likeness (QED) is 0.933. The Morgan fingerprint density at radius 3 is 2.82 bits per heavy atom. The lowest BCUT2D eigenvalue weighted by molar-refractivity contribution is -0.148. The summed E-state index contributed by atoms with van der Waals surface area (Å²) in [6, 6.07) is 10.5. The van der Waals surface area contributed by atoms with Crippen molar-refractivity contribution in [3.63, 3.8) is 0 Å². The van der Waals surface area contributed by atoms with Gasteiger partial charge in [-0.1, -0.05) is 35.5 Å². The predicted octanol–water partition coefficient (Wildman–Crippen LogP) is 1.96. The van der Waals surface area contributed by atoms with Crippen LogP contribution in [0, 0.1) is 0 Å². The van der Waals surface area contributed by atoms with Gasteiger partial charge in [0.25, 0.3) is 0 Å². The van der Waals surface area contributed by atoms with Crippen molar-refractivity contribution in [1.29, 1.82) is 0 Å². The molecule has 1 amide bonds. The van der Waals surface area contributed by atoms with E-state index >= 15 is 0 Å². The maximum Gasteiger partial charge on any atom is 0.326 e. The van der Waals surface area contributed by atoms with Crippen LogP contribution in [0.3, 0.4) is 0 Å². The van der Waals surface area contributed by atoms with Crippen molar-refractivity contribution in [2.45, 2.75) is 25.3 Å². The van der Waals surface area contributed by atoms with E-state index in [2.05, 4.69) is 5.16 Å². The zero-order chi connectivity index (χ0) is 15.5. The maximum absolute atomic E-state index is 12.3. The zero-order valence-electron chi connectivity index (χ0n) is 11.9. The number of carboxylic acid groups (broad SMARTS) is 1. The van der Waals surface area contributed by atoms with Crippen LogP contribution in [-0.4, -0.2) is 39.6 Å². The number of aliphatic carboxylic acids is 1. The Bertz CT molecular complexity index is 680. The summed E-state index contributed by atoms with van der Waals surface area (Å²) in [7, 11) is 0. The van der Waals surface area contributed by atoms with Crippen molar-refractivity contribution in [3.05, 3.63) is 42.1 Å². The molecule has 114 valence electrons. The molecule has 3 rings (SSSR count). The molecule has 1 fully saturated rings. The molecule has 0 spiro atoms. The number of amides is 1. The minimum atomic E-state index is -0.948. The first-order chi connectivity index (χ1) is 10.6. The summed E-state index contributed by atoms with van der Waals surface area (Å²) < 4.78 is 5.25. The molecule has 6 heteroatoms. The third kappa shape index (κ3) is 2.86. The lowest BCUT2D eigenvalue weighted by atomic mass is 10.1. The first-order valence-electron chi connectivity index (χ1n) is 7.18. The van der Waals surface area contributed by atoms with Crippen LogP contribution in [0.5, 0.6) is 0 Å². The maximum atomic E-state index is 12.3. The standard InChI is InChI=1S/C16H16N2O4/c19-15(18-8-4-7-13(18)16(20)21)10-12-9-14(22-17-12)11-5-2-1-3-6-11/h1-3,5-6,9,13H,4,7-8,10H2,(H,20,21)/t13-/m1/s1. The molecule has 22 heavy (non-hydrogen) atoms. The average molecular weight is 300 g/mol. The Kier molecular flexibility index (Phi) is 3.91. The fourth-order valence-corrected chi connectivity index (χ4v) is 2.71. The first kappa shape index (κ1) is 14.3. The van der Waals surface area contributed by atoms with Gasteiger partial charge in [0.2, 0.25) is 5.91 Å². The van der Waals surface area contributed by atoms with Crippen molar-refractivity contribution >= 4 is 11.9 Å². The molecule has 0 aliphatic carbocycles. The van der Waals surface area contributed by atoms with E-state index in [9.17, 15) is 9.59 Å². The third-order valence-corrected chi connectivity index (χ3v) is 3.81. The van der Waals surface area contributed by atoms with E-state index < -0.39 is 12.0 Å². The van der Waals surface area contributed by atoms with E-state index in [1.165, 1.54) is 4.90 Å². The number of carbonyl (C=O) groups is 2. The monoisotopic (exact) mass is 300 g/mol. The molecule has 2 aromatic rings. The summed E-state index contributed by atoms with van der Waals surface area (Å²) in [4.78, 5) is 24.8. The van der Waals surface area contributed by atoms with Gasteiger partial charge in [0, 0.05) is 18.2 Å². The number of rotatable bonds is 4. The summed E-state index contributed by atoms with van der Waals surface area (Å²) in [6.07, 6.45) is 1.28. The van der Waals surface area contributed by atoms with Gasteiger partial charge in [0.1, 0.15) is 6.04 Å². The van der Waals surface area contributed by atoms with Crippen molar-refractivity contribution < 1.29 is 19.2 Å². The van der Waals surface area contributed by atoms with Gasteiger partial charge in [0.05, 0.1) is 12.1 Å². The minimum Gasteiger partial charge on any atom is -0.480 e. The molecule has 0 unspecified atom stereocenters. The van der Waals surface area contributed by atoms with Crippen molar-refractivity contribution in [2.24, 2.45) is 0 Å². The predicted molar refractivity (Wildman–Crippen MR) is 78.0 cm³/mol. The zero-order valence-corrected chi connectivity index (χ0v) is 11.9. The fraction of sp³-hybridized carbons (Fsp3) is 0.312. The number of carboxylic acids is 1. The molecule has 0 bridgehead atoms. The van der Waals surface area contributed by atoms with E-state index in [-0.39, 0.29) is 12.3 Å². The number of hydrogen-bond acceptors (Lipinski definition) is 4. The van der Waals surface area contributed by atoms with E-state index in [4.69, 9.17) is 9.63 Å². The van der Waals surface area contributed by atoms with E-state index in [1.807, 2.05) is 30.3 Å². The Morgan fingerprint density at radius 2 is 2.09 bits per heavy atom. The molecule has 0 saturated carbocycles. The first-order valence-corrected chi connectivity index (χ1v) is 7.18. The highest BCUT2D eigenvalue weighted by Crippen LogP contribution is 2.22. The second kappa shape index (κ2) is 6.01. The van der Waals surface area contributed by atoms with Gasteiger partial charge >= 0.3 is 5.97 Å². The number of nitrogens with zero attached hydrogens (tertiary/aromatic N) is 2. The van der Waals surface area contributed by atoms with Crippen LogP contribution >= 0.6 is 0 Å². The SMILES string of the molecule is O=C(O)[C@H]1CCCN1C(=O)Cc1cc(-c2ccccc2)on1. The van der Waals surface area contributed by atoms with Crippen LogP contribution in [0.2, 0.25) is 0 Å². The van der Waals surface area contributed by atoms with Crippen molar-refractivity contribution in [1.82, 2.24) is 10.1 Å². The normalized spacial score (nSPS) is 17.6. The lowest BCUT2D eigenvalue weighted by Crippen LogP contribution is -2.41. The molecule has 2 heterocycles. The van der Waals surface area contributed by atoms with Crippen LogP contribution in [0.15, 0.2) is 40.9 Å². The summed E-state index contributed by atoms with van der Waals surface area (Å²) >= 11 is 0. The second-order valence-corrected chi connectivity index (χ2v) is 5.31. The largest absolute Gasteiger partial charge is 0.480 e. The van der Waals surface area contributed by atoms with Crippen LogP contribution in [0.4, 0.5) is 0 Å². The van der Waals surface area contributed by atoms with Crippen LogP contribution in [0.1, 0.15) is 18.5 Å². The number of likely N-dealkylation sites (tertiary alicyclic amines) is 1. The Labute approximate surface area is 127 Å². The summed E-state index contributed by atoms with van der Waals surface area (Å²) in [5, 5.41) is 13.0. The summed E-state index contributed by atoms with van der Waals surface area (Å²) in [5.74, 6) is -0.576. The van der Waals surface area contributed by atoms with Crippen molar-refractivity contribution in [2.75, 3.05) is 6.54 Å². The van der Waals surface area contributed by atoms with Crippen LogP contribution < -0.4 is 0 Å². The molecule has 1 saturated heterocycles. The topological polar surface area (TPSA) is 83.6 Å². The number of carbonyl (C=O) groups excluding carboxylic acids is 1. The third-order valence-electron chi connectivity index (χ3n) is 3.81. The smallest absolute Gasteiger partial charge is 0.326 e. The molecular weight excluding hydrogens is 284 g/mol. The Hall–Kier alpha value is -2.63. The van der Waals surface area contributed by atoms with Crippen molar-refractivity contribution in [3.8, 4) is 11.3 Å². The molecule has 1 aromatic carbocycles. The molecular formula is C16H16N2O4. The Morgan fingerprint density at radius 1 is 1.32 bits per heavy atom. The molecule has 1 aromatic heterocycles. The van der Waals surface area contributed by atoms with Gasteiger partial charge in [-0.3, -0.25) is 4.79 Å². The second-order valence-electron chi connectivity index (χ2n) is 5.31. The van der Waals surface area contributed by atoms with Gasteiger partial charge in [-0.05, 0) is 12.8 Å². The number of benzene rings is 1. The van der Waals surface area contributed by atoms with E-state index in [0.717, 1.165) is 12.0 Å². The van der Waals surface area contributed by atoms with E-state index in [0.29, 0.717) is 24.4 Å². The van der Waals surface area contributed by atoms with Gasteiger partial charge in [-0.15, -0.1) is 0 Å². The molecule has 6 nitrogen and oxygen atoms in total. The van der Waals surface area contributed by atoms with Crippen LogP contribution in [-0.2, 0) is 16.0 Å². The summed E-state index contributed by atoms with van der Waals surface area (Å²) in [6.45, 7) is 0.485. The fourth-order valence-electron chi connectivity index (χ4n) is 2.71. The Balaban J connectivity index is 1.70. The lowest BCUT2D eigenvalue weighted by Gasteiger charge is -2.20. The highest BCUT2D eigenvalue weighted by atomic mass is 16.5. The minimum absolute atomic E-state index is 0.0557. The molecule has 1 aliphatic rings. The number of aromatic nitrogens is 1. The van der Waals surface area contributed by atoms with Gasteiger partial charge in [-0.2, -0.15) is 0 Å².